The van der Waals surface area contributed by atoms with Gasteiger partial charge in [0.25, 0.3) is 15.7 Å². The molecule has 0 saturated heterocycles. The van der Waals surface area contributed by atoms with Crippen molar-refractivity contribution in [2.75, 3.05) is 4.72 Å². The van der Waals surface area contributed by atoms with Crippen LogP contribution in [-0.2, 0) is 10.0 Å². The number of hydrogen-bond acceptors (Lipinski definition) is 4. The van der Waals surface area contributed by atoms with E-state index < -0.39 is 20.6 Å². The molecule has 2 aromatic rings. The van der Waals surface area contributed by atoms with Crippen LogP contribution in [0.1, 0.15) is 16.7 Å². The summed E-state index contributed by atoms with van der Waals surface area (Å²) in [5, 5.41) is 11.0. The van der Waals surface area contributed by atoms with E-state index in [2.05, 4.69) is 4.72 Å². The third kappa shape index (κ3) is 3.09. The molecular weight excluding hydrogens is 304 g/mol. The molecule has 2 aromatic carbocycles. The van der Waals surface area contributed by atoms with Crippen molar-refractivity contribution in [3.8, 4) is 0 Å². The summed E-state index contributed by atoms with van der Waals surface area (Å²) in [6.45, 7) is 5.49. The summed E-state index contributed by atoms with van der Waals surface area (Å²) in [6.07, 6.45) is 0. The quantitative estimate of drug-likeness (QED) is 0.691. The Morgan fingerprint density at radius 2 is 1.59 bits per heavy atom. The number of nitrogens with zero attached hydrogens (tertiary/aromatic N) is 1. The van der Waals surface area contributed by atoms with Crippen LogP contribution in [0.25, 0.3) is 0 Å². The van der Waals surface area contributed by atoms with Crippen LogP contribution in [0, 0.1) is 30.9 Å². The summed E-state index contributed by atoms with van der Waals surface area (Å²) in [5.41, 5.74) is 2.55. The number of sulfonamides is 1. The Kier molecular flexibility index (Phi) is 4.18. The monoisotopic (exact) mass is 320 g/mol. The molecule has 116 valence electrons. The minimum absolute atomic E-state index is 0.348. The summed E-state index contributed by atoms with van der Waals surface area (Å²) >= 11 is 0. The molecule has 0 heterocycles. The van der Waals surface area contributed by atoms with Crippen LogP contribution in [-0.4, -0.2) is 13.3 Å². The molecule has 0 aromatic heterocycles. The smallest absolute Gasteiger partial charge is 0.279 e. The van der Waals surface area contributed by atoms with Crippen molar-refractivity contribution < 1.29 is 13.3 Å². The van der Waals surface area contributed by atoms with Gasteiger partial charge in [-0.05, 0) is 38.0 Å². The lowest BCUT2D eigenvalue weighted by Gasteiger charge is -2.14. The first-order valence-corrected chi connectivity index (χ1v) is 8.05. The maximum atomic E-state index is 12.5. The van der Waals surface area contributed by atoms with Gasteiger partial charge < -0.3 is 0 Å². The molecule has 0 fully saturated rings. The average Bonchev–Trinajstić information content (AvgIpc) is 2.43. The van der Waals surface area contributed by atoms with Crippen molar-refractivity contribution in [2.45, 2.75) is 25.7 Å². The topological polar surface area (TPSA) is 89.3 Å². The van der Waals surface area contributed by atoms with Crippen molar-refractivity contribution in [2.24, 2.45) is 0 Å². The molecule has 0 radical (unpaired) electrons. The van der Waals surface area contributed by atoms with Gasteiger partial charge in [0.1, 0.15) is 0 Å². The molecule has 22 heavy (non-hydrogen) atoms. The molecule has 1 N–H and O–H groups in total. The van der Waals surface area contributed by atoms with E-state index in [1.54, 1.807) is 13.8 Å². The number of rotatable bonds is 4. The Bertz CT molecular complexity index is 821. The molecule has 7 heteroatoms. The second-order valence-corrected chi connectivity index (χ2v) is 6.75. The summed E-state index contributed by atoms with van der Waals surface area (Å²) in [6, 6.07) is 8.98. The molecular formula is C15H16N2O4S. The van der Waals surface area contributed by atoms with E-state index in [4.69, 9.17) is 0 Å². The fourth-order valence-electron chi connectivity index (χ4n) is 2.37. The zero-order valence-electron chi connectivity index (χ0n) is 12.5. The largest absolute Gasteiger partial charge is 0.289 e. The van der Waals surface area contributed by atoms with Crippen LogP contribution >= 0.6 is 0 Å². The van der Waals surface area contributed by atoms with Crippen molar-refractivity contribution in [1.82, 2.24) is 0 Å². The van der Waals surface area contributed by atoms with Gasteiger partial charge in [0.15, 0.2) is 4.90 Å². The minimum atomic E-state index is -4.04. The number of para-hydroxylation sites is 1. The number of nitro benzene ring substituents is 1. The predicted molar refractivity (Wildman–Crippen MR) is 84.6 cm³/mol. The second kappa shape index (κ2) is 5.76. The number of anilines is 1. The molecule has 6 nitrogen and oxygen atoms in total. The molecule has 2 rings (SSSR count). The van der Waals surface area contributed by atoms with Gasteiger partial charge in [0, 0.05) is 6.07 Å². The molecule has 0 amide bonds. The lowest BCUT2D eigenvalue weighted by molar-refractivity contribution is -0.387. The first-order valence-electron chi connectivity index (χ1n) is 6.56. The van der Waals surface area contributed by atoms with Gasteiger partial charge in [0.2, 0.25) is 0 Å². The Labute approximate surface area is 129 Å². The van der Waals surface area contributed by atoms with Gasteiger partial charge >= 0.3 is 0 Å². The first-order chi connectivity index (χ1) is 10.2. The third-order valence-electron chi connectivity index (χ3n) is 3.26. The zero-order chi connectivity index (χ0) is 16.5. The highest BCUT2D eigenvalue weighted by molar-refractivity contribution is 7.92. The van der Waals surface area contributed by atoms with Crippen LogP contribution in [0.2, 0.25) is 0 Å². The molecule has 0 aliphatic rings. The predicted octanol–water partition coefficient (Wildman–Crippen LogP) is 3.32. The van der Waals surface area contributed by atoms with Crippen molar-refractivity contribution in [3.05, 3.63) is 63.2 Å². The van der Waals surface area contributed by atoms with Gasteiger partial charge in [-0.3, -0.25) is 14.8 Å². The summed E-state index contributed by atoms with van der Waals surface area (Å²) in [5.74, 6) is 0. The third-order valence-corrected chi connectivity index (χ3v) is 4.66. The average molecular weight is 320 g/mol. The van der Waals surface area contributed by atoms with E-state index in [1.165, 1.54) is 24.3 Å². The number of hydrogen-bond donors (Lipinski definition) is 1. The van der Waals surface area contributed by atoms with E-state index in [0.29, 0.717) is 5.69 Å². The van der Waals surface area contributed by atoms with Crippen LogP contribution in [0.5, 0.6) is 0 Å². The Balaban J connectivity index is 2.52. The lowest BCUT2D eigenvalue weighted by Crippen LogP contribution is -2.16. The molecule has 0 spiro atoms. The molecule has 0 atom stereocenters. The van der Waals surface area contributed by atoms with Gasteiger partial charge in [-0.25, -0.2) is 8.42 Å². The zero-order valence-corrected chi connectivity index (χ0v) is 13.3. The molecule has 0 saturated carbocycles. The van der Waals surface area contributed by atoms with E-state index in [1.807, 2.05) is 19.1 Å². The van der Waals surface area contributed by atoms with Crippen LogP contribution in [0.4, 0.5) is 11.4 Å². The number of benzene rings is 2. The van der Waals surface area contributed by atoms with Crippen LogP contribution < -0.4 is 4.72 Å². The highest BCUT2D eigenvalue weighted by Gasteiger charge is 2.26. The van der Waals surface area contributed by atoms with E-state index >= 15 is 0 Å². The normalized spacial score (nSPS) is 11.2. The van der Waals surface area contributed by atoms with Crippen molar-refractivity contribution in [3.63, 3.8) is 0 Å². The highest BCUT2D eigenvalue weighted by Crippen LogP contribution is 2.28. The lowest BCUT2D eigenvalue weighted by atomic mass is 10.1. The standard InChI is InChI=1S/C15H16N2O4S/c1-10-8-11(2)15(12(3)9-10)16-22(20,21)14-7-5-4-6-13(14)17(18)19/h4-9,16H,1-3H3. The molecule has 0 aliphatic heterocycles. The van der Waals surface area contributed by atoms with Gasteiger partial charge in [-0.2, -0.15) is 0 Å². The Hall–Kier alpha value is -2.41. The Morgan fingerprint density at radius 1 is 1.05 bits per heavy atom. The SMILES string of the molecule is Cc1cc(C)c(NS(=O)(=O)c2ccccc2[N+](=O)[O-])c(C)c1. The Morgan fingerprint density at radius 3 is 2.14 bits per heavy atom. The fraction of sp³-hybridized carbons (Fsp3) is 0.200. The van der Waals surface area contributed by atoms with Crippen molar-refractivity contribution >= 4 is 21.4 Å². The minimum Gasteiger partial charge on any atom is -0.279 e. The van der Waals surface area contributed by atoms with Gasteiger partial charge in [0.05, 0.1) is 10.6 Å². The molecule has 0 bridgehead atoms. The maximum absolute atomic E-state index is 12.5. The van der Waals surface area contributed by atoms with E-state index in [9.17, 15) is 18.5 Å². The number of nitro groups is 1. The second-order valence-electron chi connectivity index (χ2n) is 5.10. The summed E-state index contributed by atoms with van der Waals surface area (Å²) in [4.78, 5) is 9.96. The first kappa shape index (κ1) is 16.0. The maximum Gasteiger partial charge on any atom is 0.289 e. The number of aryl methyl sites for hydroxylation is 3. The fourth-order valence-corrected chi connectivity index (χ4v) is 3.74. The summed E-state index contributed by atoms with van der Waals surface area (Å²) < 4.78 is 27.5. The summed E-state index contributed by atoms with van der Waals surface area (Å²) in [7, 11) is -4.04. The van der Waals surface area contributed by atoms with Gasteiger partial charge in [-0.15, -0.1) is 0 Å². The van der Waals surface area contributed by atoms with Crippen molar-refractivity contribution in [1.29, 1.82) is 0 Å². The molecule has 0 aliphatic carbocycles. The highest BCUT2D eigenvalue weighted by atomic mass is 32.2. The van der Waals surface area contributed by atoms with Crippen LogP contribution in [0.3, 0.4) is 0 Å². The number of nitrogens with one attached hydrogen (secondary N) is 1. The van der Waals surface area contributed by atoms with E-state index in [0.717, 1.165) is 16.7 Å². The van der Waals surface area contributed by atoms with Crippen LogP contribution in [0.15, 0.2) is 41.3 Å². The van der Waals surface area contributed by atoms with E-state index in [-0.39, 0.29) is 4.90 Å². The van der Waals surface area contributed by atoms with Gasteiger partial charge in [-0.1, -0.05) is 29.8 Å². The molecule has 0 unspecified atom stereocenters.